The van der Waals surface area contributed by atoms with E-state index in [4.69, 9.17) is 18.9 Å². The number of amides is 2. The van der Waals surface area contributed by atoms with E-state index in [0.29, 0.717) is 11.3 Å². The summed E-state index contributed by atoms with van der Waals surface area (Å²) in [6, 6.07) is 16.1. The summed E-state index contributed by atoms with van der Waals surface area (Å²) >= 11 is 0. The zero-order valence-corrected chi connectivity index (χ0v) is 31.8. The van der Waals surface area contributed by atoms with Crippen LogP contribution in [0.4, 0.5) is 10.5 Å². The molecule has 3 heterocycles. The Morgan fingerprint density at radius 2 is 1.77 bits per heavy atom. The number of fused-ring (bicyclic) bond motifs is 3. The maximum Gasteiger partial charge on any atom is 0.513 e. The van der Waals surface area contributed by atoms with E-state index >= 15 is 4.79 Å². The van der Waals surface area contributed by atoms with Crippen molar-refractivity contribution in [1.82, 2.24) is 14.5 Å². The molecule has 17 heteroatoms. The number of methoxy groups -OCH3 is 1. The molecule has 3 aromatic rings. The van der Waals surface area contributed by atoms with Crippen LogP contribution in [0.1, 0.15) is 37.9 Å². The van der Waals surface area contributed by atoms with E-state index in [0.717, 1.165) is 33.2 Å². The zero-order chi connectivity index (χ0) is 40.4. The minimum absolute atomic E-state index is 0.0222. The molecule has 3 aliphatic heterocycles. The smallest absolute Gasteiger partial charge is 0.497 e. The number of aliphatic hydroxyl groups is 1. The molecular weight excluding hydrogens is 749 g/mol. The van der Waals surface area contributed by atoms with Crippen molar-refractivity contribution < 1.29 is 51.8 Å². The van der Waals surface area contributed by atoms with Crippen molar-refractivity contribution in [2.24, 2.45) is 5.92 Å². The number of rotatable bonds is 12. The SMILES string of the molecule is COc1ccc([C@H](CO)N2C(=O)[C@H]3[C@H]4[C@H](C=CCN4S(=O)(=O)c4ccccc4[N+](=O)[O-])O[C@@]3(/C=C\OC(=O)OC(C)(C)C)[C@@H]2C(=O)NCc2ccccc2)cc1. The number of aliphatic hydroxyl groups excluding tert-OH is 1. The van der Waals surface area contributed by atoms with Crippen molar-refractivity contribution in [2.45, 2.75) is 67.6 Å². The molecule has 296 valence electrons. The molecule has 0 aromatic heterocycles. The highest BCUT2D eigenvalue weighted by molar-refractivity contribution is 7.89. The fourth-order valence-electron chi connectivity index (χ4n) is 7.46. The van der Waals surface area contributed by atoms with E-state index < -0.39 is 91.5 Å². The molecule has 0 radical (unpaired) electrons. The van der Waals surface area contributed by atoms with Crippen LogP contribution >= 0.6 is 0 Å². The first-order valence-corrected chi connectivity index (χ1v) is 19.1. The second-order valence-corrected chi connectivity index (χ2v) is 16.2. The lowest BCUT2D eigenvalue weighted by molar-refractivity contribution is -0.387. The molecule has 0 aliphatic carbocycles. The van der Waals surface area contributed by atoms with Crippen molar-refractivity contribution in [2.75, 3.05) is 20.3 Å². The molecule has 6 rings (SSSR count). The Labute approximate surface area is 323 Å². The van der Waals surface area contributed by atoms with Gasteiger partial charge in [0.2, 0.25) is 11.8 Å². The van der Waals surface area contributed by atoms with Gasteiger partial charge in [-0.25, -0.2) is 13.2 Å². The lowest BCUT2D eigenvalue weighted by Crippen LogP contribution is -2.56. The predicted octanol–water partition coefficient (Wildman–Crippen LogP) is 4.01. The number of nitrogens with one attached hydrogen (secondary N) is 1. The van der Waals surface area contributed by atoms with E-state index in [9.17, 15) is 33.2 Å². The largest absolute Gasteiger partial charge is 0.513 e. The number of hydrogen-bond acceptors (Lipinski definition) is 12. The first kappa shape index (κ1) is 40.1. The standard InChI is InChI=1S/C39H42N4O12S/c1-38(2,3)55-37(47)53-22-20-39-32(33-30(54-39)14-10-21-41(33)56(50,51)31-15-9-8-13-28(31)43(48)49)36(46)42(29(24-44)26-16-18-27(52-4)19-17-26)34(39)35(45)40-23-25-11-6-5-7-12-25/h5-20,22,29-30,32-34,44H,21,23-24H2,1-4H3,(H,40,45)/b22-20-/t29-,30-,32+,33+,34-,39+/m0/s1. The van der Waals surface area contributed by atoms with Gasteiger partial charge in [-0.15, -0.1) is 0 Å². The van der Waals surface area contributed by atoms with Crippen LogP contribution in [0.2, 0.25) is 0 Å². The topological polar surface area (TPSA) is 204 Å². The summed E-state index contributed by atoms with van der Waals surface area (Å²) in [5, 5.41) is 25.8. The molecule has 2 fully saturated rings. The Morgan fingerprint density at radius 1 is 1.09 bits per heavy atom. The third-order valence-electron chi connectivity index (χ3n) is 9.77. The van der Waals surface area contributed by atoms with Crippen LogP contribution in [0.5, 0.6) is 5.75 Å². The van der Waals surface area contributed by atoms with E-state index in [-0.39, 0.29) is 13.1 Å². The Kier molecular flexibility index (Phi) is 11.3. The number of carbonyl (C=O) groups excluding carboxylic acids is 3. The minimum Gasteiger partial charge on any atom is -0.497 e. The number of benzene rings is 3. The summed E-state index contributed by atoms with van der Waals surface area (Å²) in [4.78, 5) is 54.4. The van der Waals surface area contributed by atoms with Crippen molar-refractivity contribution in [3.8, 4) is 5.75 Å². The van der Waals surface area contributed by atoms with Crippen LogP contribution in [-0.2, 0) is 40.4 Å². The highest BCUT2D eigenvalue weighted by atomic mass is 32.2. The van der Waals surface area contributed by atoms with Crippen LogP contribution in [0, 0.1) is 16.0 Å². The van der Waals surface area contributed by atoms with Gasteiger partial charge >= 0.3 is 6.16 Å². The Morgan fingerprint density at radius 3 is 2.41 bits per heavy atom. The monoisotopic (exact) mass is 790 g/mol. The molecule has 6 atom stereocenters. The number of nitrogens with zero attached hydrogens (tertiary/aromatic N) is 3. The van der Waals surface area contributed by atoms with Gasteiger partial charge in [-0.05, 0) is 56.2 Å². The van der Waals surface area contributed by atoms with E-state index in [1.165, 1.54) is 31.4 Å². The molecule has 56 heavy (non-hydrogen) atoms. The molecule has 0 saturated carbocycles. The van der Waals surface area contributed by atoms with Crippen LogP contribution in [0.25, 0.3) is 0 Å². The number of hydrogen-bond donors (Lipinski definition) is 2. The Hall–Kier alpha value is -5.62. The van der Waals surface area contributed by atoms with E-state index in [1.807, 2.05) is 6.07 Å². The maximum absolute atomic E-state index is 15.2. The number of nitro benzene ring substituents is 1. The summed E-state index contributed by atoms with van der Waals surface area (Å²) < 4.78 is 52.5. The lowest BCUT2D eigenvalue weighted by atomic mass is 9.81. The molecule has 3 aromatic carbocycles. The van der Waals surface area contributed by atoms with E-state index in [1.54, 1.807) is 75.4 Å². The zero-order valence-electron chi connectivity index (χ0n) is 31.0. The highest BCUT2D eigenvalue weighted by Gasteiger charge is 2.72. The first-order valence-electron chi connectivity index (χ1n) is 17.7. The third kappa shape index (κ3) is 7.62. The molecule has 0 bridgehead atoms. The molecule has 2 amide bonds. The second kappa shape index (κ2) is 15.9. The van der Waals surface area contributed by atoms with Gasteiger partial charge in [0, 0.05) is 19.2 Å². The third-order valence-corrected chi connectivity index (χ3v) is 11.7. The highest BCUT2D eigenvalue weighted by Crippen LogP contribution is 2.54. The quantitative estimate of drug-likeness (QED) is 0.0879. The van der Waals surface area contributed by atoms with Gasteiger partial charge in [0.15, 0.2) is 4.90 Å². The molecule has 2 N–H and O–H groups in total. The van der Waals surface area contributed by atoms with Crippen molar-refractivity contribution in [1.29, 1.82) is 0 Å². The summed E-state index contributed by atoms with van der Waals surface area (Å²) in [6.07, 6.45) is 2.93. The average Bonchev–Trinajstić information content (AvgIpc) is 3.62. The van der Waals surface area contributed by atoms with Gasteiger partial charge in [-0.3, -0.25) is 19.7 Å². The van der Waals surface area contributed by atoms with E-state index in [2.05, 4.69) is 5.32 Å². The summed E-state index contributed by atoms with van der Waals surface area (Å²) in [5.41, 5.74) is -2.52. The minimum atomic E-state index is -4.73. The number of para-hydroxylation sites is 1. The van der Waals surface area contributed by atoms with Gasteiger partial charge in [-0.1, -0.05) is 66.7 Å². The molecule has 3 aliphatic rings. The first-order chi connectivity index (χ1) is 26.6. The lowest BCUT2D eigenvalue weighted by Gasteiger charge is -2.38. The maximum atomic E-state index is 15.2. The van der Waals surface area contributed by atoms with Gasteiger partial charge in [0.1, 0.15) is 23.0 Å². The Balaban J connectivity index is 1.52. The fraction of sp³-hybridized carbons (Fsp3) is 0.359. The van der Waals surface area contributed by atoms with Crippen LogP contribution in [0.3, 0.4) is 0 Å². The second-order valence-electron chi connectivity index (χ2n) is 14.3. The molecule has 2 saturated heterocycles. The number of nitro groups is 1. The molecule has 16 nitrogen and oxygen atoms in total. The normalized spacial score (nSPS) is 24.0. The van der Waals surface area contributed by atoms with Crippen LogP contribution in [-0.4, -0.2) is 95.3 Å². The predicted molar refractivity (Wildman–Crippen MR) is 199 cm³/mol. The number of sulfonamides is 1. The van der Waals surface area contributed by atoms with Crippen molar-refractivity contribution in [3.63, 3.8) is 0 Å². The average molecular weight is 791 g/mol. The number of likely N-dealkylation sites (tertiary alicyclic amines) is 1. The number of ether oxygens (including phenoxy) is 4. The van der Waals surface area contributed by atoms with Gasteiger partial charge < -0.3 is 34.3 Å². The van der Waals surface area contributed by atoms with Crippen molar-refractivity contribution >= 4 is 33.7 Å². The molecular formula is C39H42N4O12S. The fourth-order valence-corrected chi connectivity index (χ4v) is 9.21. The Bertz CT molecular complexity index is 2140. The molecule has 0 unspecified atom stereocenters. The van der Waals surface area contributed by atoms with Crippen LogP contribution in [0.15, 0.2) is 108 Å². The summed E-state index contributed by atoms with van der Waals surface area (Å²) in [6.45, 7) is 3.94. The molecule has 0 spiro atoms. The van der Waals surface area contributed by atoms with Gasteiger partial charge in [0.05, 0.1) is 49.0 Å². The van der Waals surface area contributed by atoms with Gasteiger partial charge in [-0.2, -0.15) is 4.31 Å². The summed E-state index contributed by atoms with van der Waals surface area (Å²) in [5.74, 6) is -2.53. The summed E-state index contributed by atoms with van der Waals surface area (Å²) in [7, 11) is -3.25. The van der Waals surface area contributed by atoms with Gasteiger partial charge in [0.25, 0.3) is 15.7 Å². The number of carbonyl (C=O) groups is 3. The van der Waals surface area contributed by atoms with Crippen molar-refractivity contribution in [3.05, 3.63) is 125 Å². The van der Waals surface area contributed by atoms with Crippen LogP contribution < -0.4 is 10.1 Å².